The van der Waals surface area contributed by atoms with Crippen LogP contribution in [0.25, 0.3) is 27.1 Å². The monoisotopic (exact) mass is 433 g/mol. The number of aryl methyl sites for hydroxylation is 1. The van der Waals surface area contributed by atoms with Crippen LogP contribution in [0.3, 0.4) is 0 Å². The van der Waals surface area contributed by atoms with Crippen LogP contribution in [0.15, 0.2) is 24.4 Å². The van der Waals surface area contributed by atoms with Crippen LogP contribution in [0, 0.1) is 12.7 Å². The molecule has 0 unspecified atom stereocenters. The average molecular weight is 434 g/mol. The molecule has 0 atom stereocenters. The zero-order valence-corrected chi connectivity index (χ0v) is 17.7. The number of aromatic nitrogens is 4. The SMILES string of the molecule is COc1cc(-c2cc(F)c3nc(C4CCNCC4)sc3c2)nn2cc(C)nc12.Cl. The van der Waals surface area contributed by atoms with Crippen molar-refractivity contribution in [3.8, 4) is 17.0 Å². The molecule has 1 saturated heterocycles. The lowest BCUT2D eigenvalue weighted by atomic mass is 9.99. The number of imidazole rings is 1. The number of methoxy groups -OCH3 is 1. The molecule has 6 nitrogen and oxygen atoms in total. The van der Waals surface area contributed by atoms with Crippen molar-refractivity contribution in [2.45, 2.75) is 25.7 Å². The smallest absolute Gasteiger partial charge is 0.196 e. The first-order valence-electron chi connectivity index (χ1n) is 9.34. The summed E-state index contributed by atoms with van der Waals surface area (Å²) >= 11 is 1.59. The Morgan fingerprint density at radius 3 is 2.76 bits per heavy atom. The summed E-state index contributed by atoms with van der Waals surface area (Å²) in [5, 5.41) is 8.99. The zero-order valence-electron chi connectivity index (χ0n) is 16.1. The Hall–Kier alpha value is -2.29. The van der Waals surface area contributed by atoms with Gasteiger partial charge in [-0.2, -0.15) is 5.10 Å². The van der Waals surface area contributed by atoms with Crippen molar-refractivity contribution < 1.29 is 9.13 Å². The van der Waals surface area contributed by atoms with Crippen LogP contribution in [0.5, 0.6) is 5.75 Å². The van der Waals surface area contributed by atoms with E-state index in [4.69, 9.17) is 4.74 Å². The molecule has 4 heterocycles. The molecule has 0 bridgehead atoms. The summed E-state index contributed by atoms with van der Waals surface area (Å²) in [4.78, 5) is 9.04. The minimum absolute atomic E-state index is 0. The van der Waals surface area contributed by atoms with Gasteiger partial charge < -0.3 is 10.1 Å². The Balaban J connectivity index is 0.00000205. The van der Waals surface area contributed by atoms with Crippen LogP contribution in [0.1, 0.15) is 29.5 Å². The summed E-state index contributed by atoms with van der Waals surface area (Å²) < 4.78 is 22.9. The molecule has 0 spiro atoms. The number of nitrogens with one attached hydrogen (secondary N) is 1. The van der Waals surface area contributed by atoms with Gasteiger partial charge in [-0.15, -0.1) is 23.7 Å². The van der Waals surface area contributed by atoms with E-state index in [0.29, 0.717) is 34.1 Å². The van der Waals surface area contributed by atoms with Crippen molar-refractivity contribution in [2.24, 2.45) is 0 Å². The van der Waals surface area contributed by atoms with Crippen LogP contribution in [0.4, 0.5) is 4.39 Å². The number of fused-ring (bicyclic) bond motifs is 2. The van der Waals surface area contributed by atoms with E-state index in [1.54, 1.807) is 29.0 Å². The lowest BCUT2D eigenvalue weighted by Crippen LogP contribution is -2.26. The normalized spacial score (nSPS) is 15.0. The molecule has 1 aliphatic heterocycles. The van der Waals surface area contributed by atoms with E-state index in [9.17, 15) is 4.39 Å². The van der Waals surface area contributed by atoms with E-state index in [1.807, 2.05) is 19.2 Å². The fourth-order valence-electron chi connectivity index (χ4n) is 3.75. The molecule has 3 aromatic heterocycles. The lowest BCUT2D eigenvalue weighted by molar-refractivity contribution is 0.416. The maximum absolute atomic E-state index is 14.9. The second-order valence-electron chi connectivity index (χ2n) is 7.13. The molecule has 0 saturated carbocycles. The average Bonchev–Trinajstić information content (AvgIpc) is 3.30. The van der Waals surface area contributed by atoms with Gasteiger partial charge in [0.25, 0.3) is 0 Å². The summed E-state index contributed by atoms with van der Waals surface area (Å²) in [5.41, 5.74) is 3.29. The quantitative estimate of drug-likeness (QED) is 0.520. The van der Waals surface area contributed by atoms with Gasteiger partial charge in [0.2, 0.25) is 0 Å². The molecule has 1 N–H and O–H groups in total. The van der Waals surface area contributed by atoms with Crippen LogP contribution in [0.2, 0.25) is 0 Å². The third-order valence-corrected chi connectivity index (χ3v) is 6.35. The topological polar surface area (TPSA) is 64.3 Å². The highest BCUT2D eigenvalue weighted by Crippen LogP contribution is 2.36. The molecule has 0 radical (unpaired) electrons. The molecule has 4 aromatic rings. The molecule has 152 valence electrons. The van der Waals surface area contributed by atoms with Crippen molar-refractivity contribution >= 4 is 39.6 Å². The van der Waals surface area contributed by atoms with Crippen molar-refractivity contribution in [1.82, 2.24) is 24.9 Å². The van der Waals surface area contributed by atoms with E-state index >= 15 is 0 Å². The highest BCUT2D eigenvalue weighted by molar-refractivity contribution is 7.18. The number of halogens is 2. The van der Waals surface area contributed by atoms with E-state index in [1.165, 1.54) is 6.07 Å². The largest absolute Gasteiger partial charge is 0.493 e. The summed E-state index contributed by atoms with van der Waals surface area (Å²) in [6, 6.07) is 5.28. The van der Waals surface area contributed by atoms with Gasteiger partial charge in [-0.1, -0.05) is 0 Å². The van der Waals surface area contributed by atoms with Crippen molar-refractivity contribution in [3.63, 3.8) is 0 Å². The molecular weight excluding hydrogens is 413 g/mol. The van der Waals surface area contributed by atoms with Crippen molar-refractivity contribution in [1.29, 1.82) is 0 Å². The molecular formula is C20H21ClFN5OS. The van der Waals surface area contributed by atoms with Crippen LogP contribution >= 0.6 is 23.7 Å². The predicted octanol–water partition coefficient (Wildman–Crippen LogP) is 4.35. The standard InChI is InChI=1S/C20H20FN5OS.ClH/c1-11-10-26-19(23-11)16(27-2)9-15(25-26)13-7-14(21)18-17(8-13)28-20(24-18)12-3-5-22-6-4-12;/h7-10,12,22H,3-6H2,1-2H3;1H. The maximum atomic E-state index is 14.9. The number of hydrogen-bond donors (Lipinski definition) is 1. The molecule has 1 fully saturated rings. The van der Waals surface area contributed by atoms with Gasteiger partial charge in [-0.3, -0.25) is 0 Å². The van der Waals surface area contributed by atoms with Gasteiger partial charge in [0.1, 0.15) is 5.52 Å². The maximum Gasteiger partial charge on any atom is 0.196 e. The fraction of sp³-hybridized carbons (Fsp3) is 0.350. The second-order valence-corrected chi connectivity index (χ2v) is 8.19. The van der Waals surface area contributed by atoms with Crippen LogP contribution in [-0.2, 0) is 0 Å². The first-order chi connectivity index (χ1) is 13.6. The summed E-state index contributed by atoms with van der Waals surface area (Å²) in [6.07, 6.45) is 3.92. The third kappa shape index (κ3) is 3.56. The lowest BCUT2D eigenvalue weighted by Gasteiger charge is -2.20. The summed E-state index contributed by atoms with van der Waals surface area (Å²) in [5.74, 6) is 0.704. The molecule has 29 heavy (non-hydrogen) atoms. The summed E-state index contributed by atoms with van der Waals surface area (Å²) in [7, 11) is 1.60. The number of benzene rings is 1. The molecule has 5 rings (SSSR count). The van der Waals surface area contributed by atoms with Gasteiger partial charge in [-0.05, 0) is 45.0 Å². The van der Waals surface area contributed by atoms with Gasteiger partial charge in [-0.25, -0.2) is 18.9 Å². The van der Waals surface area contributed by atoms with Crippen molar-refractivity contribution in [3.05, 3.63) is 40.9 Å². The number of nitrogens with zero attached hydrogens (tertiary/aromatic N) is 4. The third-order valence-electron chi connectivity index (χ3n) is 5.18. The van der Waals surface area contributed by atoms with Gasteiger partial charge in [0.15, 0.2) is 17.2 Å². The number of hydrogen-bond acceptors (Lipinski definition) is 6. The first-order valence-corrected chi connectivity index (χ1v) is 10.2. The number of ether oxygens (including phenoxy) is 1. The Labute approximate surface area is 177 Å². The Kier molecular flexibility index (Phi) is 5.42. The van der Waals surface area contributed by atoms with Gasteiger partial charge >= 0.3 is 0 Å². The number of rotatable bonds is 3. The molecule has 0 aliphatic carbocycles. The van der Waals surface area contributed by atoms with E-state index in [2.05, 4.69) is 20.4 Å². The Bertz CT molecular complexity index is 1180. The van der Waals surface area contributed by atoms with Gasteiger partial charge in [0, 0.05) is 17.5 Å². The Morgan fingerprint density at radius 2 is 2.00 bits per heavy atom. The van der Waals surface area contributed by atoms with E-state index in [0.717, 1.165) is 41.3 Å². The summed E-state index contributed by atoms with van der Waals surface area (Å²) in [6.45, 7) is 3.88. The second kappa shape index (κ2) is 7.85. The van der Waals surface area contributed by atoms with Crippen LogP contribution < -0.4 is 10.1 Å². The molecule has 1 aliphatic rings. The molecule has 1 aromatic carbocycles. The van der Waals surface area contributed by atoms with E-state index in [-0.39, 0.29) is 18.2 Å². The minimum atomic E-state index is -0.313. The predicted molar refractivity (Wildman–Crippen MR) is 115 cm³/mol. The number of piperidine rings is 1. The fourth-order valence-corrected chi connectivity index (χ4v) is 4.94. The Morgan fingerprint density at radius 1 is 1.21 bits per heavy atom. The highest BCUT2D eigenvalue weighted by Gasteiger charge is 2.21. The molecule has 9 heteroatoms. The highest BCUT2D eigenvalue weighted by atomic mass is 35.5. The van der Waals surface area contributed by atoms with Crippen molar-refractivity contribution in [2.75, 3.05) is 20.2 Å². The van der Waals surface area contributed by atoms with Crippen LogP contribution in [-0.4, -0.2) is 39.8 Å². The van der Waals surface area contributed by atoms with Gasteiger partial charge in [0.05, 0.1) is 34.4 Å². The molecule has 0 amide bonds. The zero-order chi connectivity index (χ0) is 19.3. The first kappa shape index (κ1) is 20.0. The minimum Gasteiger partial charge on any atom is -0.493 e. The number of thiazole rings is 1. The van der Waals surface area contributed by atoms with E-state index < -0.39 is 0 Å².